The number of hydrogen-bond acceptors (Lipinski definition) is 2. The summed E-state index contributed by atoms with van der Waals surface area (Å²) in [6.45, 7) is 0.659. The molecule has 0 aliphatic heterocycles. The Morgan fingerprint density at radius 2 is 2.00 bits per heavy atom. The van der Waals surface area contributed by atoms with Gasteiger partial charge in [-0.1, -0.05) is 19.3 Å². The first-order valence-corrected chi connectivity index (χ1v) is 4.83. The van der Waals surface area contributed by atoms with Crippen molar-refractivity contribution in [3.63, 3.8) is 0 Å². The second-order valence-electron chi connectivity index (χ2n) is 3.94. The number of aliphatic hydroxyl groups excluding tert-OH is 1. The fourth-order valence-electron chi connectivity index (χ4n) is 1.97. The van der Waals surface area contributed by atoms with Crippen LogP contribution in [0.1, 0.15) is 32.1 Å². The lowest BCUT2D eigenvalue weighted by molar-refractivity contribution is 0.0839. The van der Waals surface area contributed by atoms with Crippen LogP contribution in [0, 0.1) is 5.41 Å². The minimum absolute atomic E-state index is 0.104. The quantitative estimate of drug-likeness (QED) is 0.603. The molecule has 4 nitrogen and oxygen atoms in total. The molecule has 0 atom stereocenters. The average Bonchev–Trinajstić information content (AvgIpc) is 2.16. The van der Waals surface area contributed by atoms with E-state index in [1.165, 1.54) is 6.42 Å². The van der Waals surface area contributed by atoms with Crippen LogP contribution in [0.25, 0.3) is 0 Å². The summed E-state index contributed by atoms with van der Waals surface area (Å²) in [6.07, 6.45) is 5.49. The van der Waals surface area contributed by atoms with Crippen LogP contribution < -0.4 is 11.1 Å². The standard InChI is InChI=1S/C9H18N2O2/c10-8(13)11-6-9(7-12)4-2-1-3-5-9/h12H,1-7H2,(H3,10,11,13). The Morgan fingerprint density at radius 1 is 1.38 bits per heavy atom. The molecule has 13 heavy (non-hydrogen) atoms. The summed E-state index contributed by atoms with van der Waals surface area (Å²) < 4.78 is 0. The van der Waals surface area contributed by atoms with Gasteiger partial charge in [-0.05, 0) is 12.8 Å². The molecule has 0 radical (unpaired) electrons. The van der Waals surface area contributed by atoms with Crippen molar-refractivity contribution in [2.24, 2.45) is 11.1 Å². The van der Waals surface area contributed by atoms with E-state index in [9.17, 15) is 9.90 Å². The van der Waals surface area contributed by atoms with Gasteiger partial charge in [0.15, 0.2) is 0 Å². The molecule has 0 heterocycles. The van der Waals surface area contributed by atoms with Gasteiger partial charge in [-0.2, -0.15) is 0 Å². The van der Waals surface area contributed by atoms with E-state index in [0.29, 0.717) is 6.54 Å². The van der Waals surface area contributed by atoms with E-state index in [1.807, 2.05) is 0 Å². The summed E-state index contributed by atoms with van der Waals surface area (Å²) >= 11 is 0. The molecule has 1 fully saturated rings. The first kappa shape index (κ1) is 10.3. The molecule has 0 unspecified atom stereocenters. The molecule has 4 N–H and O–H groups in total. The molecule has 0 bridgehead atoms. The highest BCUT2D eigenvalue weighted by Crippen LogP contribution is 2.34. The zero-order valence-electron chi connectivity index (χ0n) is 7.88. The molecule has 1 aliphatic carbocycles. The summed E-state index contributed by atoms with van der Waals surface area (Å²) in [5.41, 5.74) is 4.89. The number of carbonyl (C=O) groups is 1. The maximum Gasteiger partial charge on any atom is 0.312 e. The highest BCUT2D eigenvalue weighted by atomic mass is 16.3. The van der Waals surface area contributed by atoms with Gasteiger partial charge in [-0.25, -0.2) is 4.79 Å². The molecule has 76 valence electrons. The molecule has 0 aromatic rings. The van der Waals surface area contributed by atoms with Crippen LogP contribution in [0.3, 0.4) is 0 Å². The monoisotopic (exact) mass is 186 g/mol. The van der Waals surface area contributed by atoms with Crippen LogP contribution in [0.5, 0.6) is 0 Å². The predicted octanol–water partition coefficient (Wildman–Crippen LogP) is 0.597. The SMILES string of the molecule is NC(=O)NCC1(CO)CCCCC1. The first-order chi connectivity index (χ1) is 6.18. The van der Waals surface area contributed by atoms with Crippen molar-refractivity contribution >= 4 is 6.03 Å². The summed E-state index contributed by atoms with van der Waals surface area (Å²) in [6, 6.07) is -0.501. The number of urea groups is 1. The minimum atomic E-state index is -0.501. The maximum absolute atomic E-state index is 10.5. The van der Waals surface area contributed by atoms with E-state index in [2.05, 4.69) is 5.32 Å². The number of amides is 2. The van der Waals surface area contributed by atoms with E-state index < -0.39 is 6.03 Å². The van der Waals surface area contributed by atoms with Gasteiger partial charge in [0.2, 0.25) is 0 Å². The molecule has 4 heteroatoms. The smallest absolute Gasteiger partial charge is 0.312 e. The van der Waals surface area contributed by atoms with E-state index in [4.69, 9.17) is 5.73 Å². The number of nitrogens with one attached hydrogen (secondary N) is 1. The summed E-state index contributed by atoms with van der Waals surface area (Å²) in [5, 5.41) is 11.8. The van der Waals surface area contributed by atoms with E-state index in [1.54, 1.807) is 0 Å². The molecule has 0 aromatic heterocycles. The molecule has 0 saturated heterocycles. The van der Waals surface area contributed by atoms with Crippen LogP contribution in [-0.2, 0) is 0 Å². The largest absolute Gasteiger partial charge is 0.396 e. The number of nitrogens with two attached hydrogens (primary N) is 1. The fraction of sp³-hybridized carbons (Fsp3) is 0.889. The Hall–Kier alpha value is -0.770. The zero-order chi connectivity index (χ0) is 9.73. The lowest BCUT2D eigenvalue weighted by Gasteiger charge is -2.35. The van der Waals surface area contributed by atoms with Crippen molar-refractivity contribution in [1.82, 2.24) is 5.32 Å². The van der Waals surface area contributed by atoms with E-state index in [0.717, 1.165) is 25.7 Å². The lowest BCUT2D eigenvalue weighted by Crippen LogP contribution is -2.43. The van der Waals surface area contributed by atoms with Crippen LogP contribution in [0.2, 0.25) is 0 Å². The van der Waals surface area contributed by atoms with Gasteiger partial charge in [0.25, 0.3) is 0 Å². The second-order valence-corrected chi connectivity index (χ2v) is 3.94. The molecular weight excluding hydrogens is 168 g/mol. The van der Waals surface area contributed by atoms with Crippen molar-refractivity contribution in [2.75, 3.05) is 13.2 Å². The molecular formula is C9H18N2O2. The number of aliphatic hydroxyl groups is 1. The van der Waals surface area contributed by atoms with Crippen molar-refractivity contribution in [1.29, 1.82) is 0 Å². The second kappa shape index (κ2) is 4.46. The van der Waals surface area contributed by atoms with Crippen molar-refractivity contribution < 1.29 is 9.90 Å². The minimum Gasteiger partial charge on any atom is -0.396 e. The normalized spacial score (nSPS) is 21.0. The van der Waals surface area contributed by atoms with Crippen molar-refractivity contribution in [2.45, 2.75) is 32.1 Å². The molecule has 0 spiro atoms. The van der Waals surface area contributed by atoms with Gasteiger partial charge in [0.05, 0.1) is 6.61 Å². The van der Waals surface area contributed by atoms with Gasteiger partial charge >= 0.3 is 6.03 Å². The highest BCUT2D eigenvalue weighted by Gasteiger charge is 2.31. The van der Waals surface area contributed by atoms with Gasteiger partial charge in [0.1, 0.15) is 0 Å². The van der Waals surface area contributed by atoms with E-state index in [-0.39, 0.29) is 12.0 Å². The van der Waals surface area contributed by atoms with Crippen molar-refractivity contribution in [3.05, 3.63) is 0 Å². The van der Waals surface area contributed by atoms with Crippen LogP contribution in [0.15, 0.2) is 0 Å². The average molecular weight is 186 g/mol. The Kier molecular flexibility index (Phi) is 3.54. The fourth-order valence-corrected chi connectivity index (χ4v) is 1.97. The molecule has 2 amide bonds. The van der Waals surface area contributed by atoms with Gasteiger partial charge < -0.3 is 16.2 Å². The number of rotatable bonds is 3. The zero-order valence-corrected chi connectivity index (χ0v) is 7.88. The van der Waals surface area contributed by atoms with Crippen LogP contribution >= 0.6 is 0 Å². The van der Waals surface area contributed by atoms with Crippen LogP contribution in [0.4, 0.5) is 4.79 Å². The number of hydrogen-bond donors (Lipinski definition) is 3. The lowest BCUT2D eigenvalue weighted by atomic mass is 9.74. The van der Waals surface area contributed by atoms with E-state index >= 15 is 0 Å². The third-order valence-corrected chi connectivity index (χ3v) is 2.89. The van der Waals surface area contributed by atoms with Gasteiger partial charge in [0, 0.05) is 12.0 Å². The van der Waals surface area contributed by atoms with Crippen LogP contribution in [-0.4, -0.2) is 24.3 Å². The Labute approximate surface area is 78.5 Å². The topological polar surface area (TPSA) is 75.4 Å². The molecule has 1 saturated carbocycles. The number of primary amides is 1. The third-order valence-electron chi connectivity index (χ3n) is 2.89. The number of carbonyl (C=O) groups excluding carboxylic acids is 1. The summed E-state index contributed by atoms with van der Waals surface area (Å²) in [5.74, 6) is 0. The van der Waals surface area contributed by atoms with Crippen molar-refractivity contribution in [3.8, 4) is 0 Å². The Morgan fingerprint density at radius 3 is 2.46 bits per heavy atom. The van der Waals surface area contributed by atoms with Gasteiger partial charge in [-0.3, -0.25) is 0 Å². The highest BCUT2D eigenvalue weighted by molar-refractivity contribution is 5.71. The molecule has 0 aromatic carbocycles. The molecule has 1 rings (SSSR count). The predicted molar refractivity (Wildman–Crippen MR) is 50.2 cm³/mol. The first-order valence-electron chi connectivity index (χ1n) is 4.83. The third kappa shape index (κ3) is 2.88. The molecule has 1 aliphatic rings. The summed E-state index contributed by atoms with van der Waals surface area (Å²) in [7, 11) is 0. The Balaban J connectivity index is 2.42. The Bertz CT molecular complexity index is 176. The maximum atomic E-state index is 10.5. The summed E-state index contributed by atoms with van der Waals surface area (Å²) in [4.78, 5) is 10.5. The van der Waals surface area contributed by atoms with Gasteiger partial charge in [-0.15, -0.1) is 0 Å².